The molecule has 0 aliphatic heterocycles. The molecule has 1 unspecified atom stereocenters. The van der Waals surface area contributed by atoms with E-state index >= 15 is 0 Å². The molecule has 7 heteroatoms. The highest BCUT2D eigenvalue weighted by molar-refractivity contribution is 7.92. The van der Waals surface area contributed by atoms with Crippen molar-refractivity contribution in [2.24, 2.45) is 0 Å². The van der Waals surface area contributed by atoms with Crippen molar-refractivity contribution in [1.82, 2.24) is 0 Å². The van der Waals surface area contributed by atoms with E-state index in [-0.39, 0.29) is 0 Å². The third kappa shape index (κ3) is 2.57. The Morgan fingerprint density at radius 2 is 2.17 bits per heavy atom. The summed E-state index contributed by atoms with van der Waals surface area (Å²) in [5.41, 5.74) is -2.99. The van der Waals surface area contributed by atoms with Gasteiger partial charge in [0.05, 0.1) is 5.75 Å². The molecule has 0 fully saturated rings. The first-order valence-electron chi connectivity index (χ1n) is 2.74. The third-order valence-electron chi connectivity index (χ3n) is 0.927. The zero-order valence-electron chi connectivity index (χ0n) is 5.87. The van der Waals surface area contributed by atoms with Crippen molar-refractivity contribution in [3.05, 3.63) is 12.7 Å². The van der Waals surface area contributed by atoms with E-state index in [2.05, 4.69) is 11.5 Å². The van der Waals surface area contributed by atoms with Crippen molar-refractivity contribution in [2.45, 2.75) is 5.50 Å². The number of alkyl halides is 1. The van der Waals surface area contributed by atoms with E-state index in [1.807, 2.05) is 0 Å². The zero-order valence-corrected chi connectivity index (χ0v) is 6.68. The number of hydrogen-bond acceptors (Lipinski definition) is 4. The van der Waals surface area contributed by atoms with Crippen LogP contribution in [0.5, 0.6) is 0 Å². The minimum atomic E-state index is -4.32. The molecule has 0 radical (unpaired) electrons. The monoisotopic (exact) mass is 200 g/mol. The van der Waals surface area contributed by atoms with E-state index in [1.165, 1.54) is 0 Å². The Bertz CT molecular complexity index is 271. The van der Waals surface area contributed by atoms with Crippen LogP contribution in [0.25, 0.3) is 0 Å². The van der Waals surface area contributed by atoms with Crippen LogP contribution in [0.3, 0.4) is 0 Å². The quantitative estimate of drug-likeness (QED) is 0.613. The van der Waals surface area contributed by atoms with Gasteiger partial charge in [-0.3, -0.25) is 4.94 Å². The molecule has 1 atom stereocenters. The molecule has 0 aromatic rings. The van der Waals surface area contributed by atoms with Crippen LogP contribution in [0.15, 0.2) is 12.7 Å². The SMILES string of the molecule is C=CCS(=O)(=O)C(F)C(=O)OF. The molecule has 0 amide bonds. The Hall–Kier alpha value is -0.980. The standard InChI is InChI=1S/C5H6F2O4S/c1-2-3-12(9,10)4(6)5(8)11-7/h2,4H,1,3H2. The first-order chi connectivity index (χ1) is 5.45. The van der Waals surface area contributed by atoms with Gasteiger partial charge in [-0.2, -0.15) is 0 Å². The topological polar surface area (TPSA) is 60.4 Å². The van der Waals surface area contributed by atoms with Crippen LogP contribution in [0, 0.1) is 0 Å². The van der Waals surface area contributed by atoms with Crippen molar-refractivity contribution in [3.8, 4) is 0 Å². The number of hydrogen-bond donors (Lipinski definition) is 0. The second-order valence-electron chi connectivity index (χ2n) is 1.83. The van der Waals surface area contributed by atoms with E-state index < -0.39 is 27.1 Å². The number of carbonyl (C=O) groups excluding carboxylic acids is 1. The molecule has 70 valence electrons. The van der Waals surface area contributed by atoms with E-state index in [1.54, 1.807) is 0 Å². The van der Waals surface area contributed by atoms with Gasteiger partial charge in [0.15, 0.2) is 9.84 Å². The maximum Gasteiger partial charge on any atom is 0.398 e. The van der Waals surface area contributed by atoms with Crippen molar-refractivity contribution in [1.29, 1.82) is 0 Å². The first kappa shape index (κ1) is 11.0. The predicted molar refractivity (Wildman–Crippen MR) is 36.1 cm³/mol. The largest absolute Gasteiger partial charge is 0.398 e. The molecule has 0 aromatic heterocycles. The Morgan fingerprint density at radius 3 is 2.50 bits per heavy atom. The summed E-state index contributed by atoms with van der Waals surface area (Å²) in [5.74, 6) is -2.82. The molecule has 0 rings (SSSR count). The molecule has 0 aliphatic rings. The molecule has 0 saturated carbocycles. The number of rotatable bonds is 4. The minimum Gasteiger partial charge on any atom is -0.250 e. The fourth-order valence-corrected chi connectivity index (χ4v) is 1.26. The van der Waals surface area contributed by atoms with Crippen LogP contribution < -0.4 is 0 Å². The maximum absolute atomic E-state index is 12.4. The lowest BCUT2D eigenvalue weighted by molar-refractivity contribution is -0.186. The molecule has 0 aliphatic carbocycles. The first-order valence-corrected chi connectivity index (χ1v) is 4.46. The van der Waals surface area contributed by atoms with Gasteiger partial charge in [-0.15, -0.1) is 6.58 Å². The van der Waals surface area contributed by atoms with Crippen molar-refractivity contribution >= 4 is 15.8 Å². The van der Waals surface area contributed by atoms with E-state index in [4.69, 9.17) is 0 Å². The van der Waals surface area contributed by atoms with Crippen molar-refractivity contribution in [2.75, 3.05) is 5.75 Å². The predicted octanol–water partition coefficient (Wildman–Crippen LogP) is 0.311. The van der Waals surface area contributed by atoms with Crippen molar-refractivity contribution in [3.63, 3.8) is 0 Å². The Kier molecular flexibility index (Phi) is 3.81. The van der Waals surface area contributed by atoms with Gasteiger partial charge < -0.3 is 0 Å². The van der Waals surface area contributed by atoms with Gasteiger partial charge in [0, 0.05) is 4.53 Å². The molecule has 0 saturated heterocycles. The fourth-order valence-electron chi connectivity index (χ4n) is 0.430. The highest BCUT2D eigenvalue weighted by Gasteiger charge is 2.33. The second kappa shape index (κ2) is 4.15. The van der Waals surface area contributed by atoms with E-state index in [9.17, 15) is 22.1 Å². The Morgan fingerprint density at radius 1 is 1.67 bits per heavy atom. The molecular formula is C5H6F2O4S. The lowest BCUT2D eigenvalue weighted by Crippen LogP contribution is -2.27. The van der Waals surface area contributed by atoms with Gasteiger partial charge in [-0.25, -0.2) is 17.6 Å². The summed E-state index contributed by atoms with van der Waals surface area (Å²) < 4.78 is 44.7. The summed E-state index contributed by atoms with van der Waals surface area (Å²) >= 11 is 0. The smallest absolute Gasteiger partial charge is 0.250 e. The lowest BCUT2D eigenvalue weighted by Gasteiger charge is -2.01. The summed E-state index contributed by atoms with van der Waals surface area (Å²) in [5, 5.41) is 0. The molecule has 0 bridgehead atoms. The van der Waals surface area contributed by atoms with E-state index in [0.29, 0.717) is 0 Å². The highest BCUT2D eigenvalue weighted by Crippen LogP contribution is 2.06. The Balaban J connectivity index is 4.57. The molecule has 0 N–H and O–H groups in total. The normalized spacial score (nSPS) is 13.5. The maximum atomic E-state index is 12.4. The summed E-state index contributed by atoms with van der Waals surface area (Å²) in [6.07, 6.45) is 0.882. The van der Waals surface area contributed by atoms with Gasteiger partial charge in [-0.1, -0.05) is 6.08 Å². The Labute approximate surface area is 67.6 Å². The molecular weight excluding hydrogens is 194 g/mol. The fraction of sp³-hybridized carbons (Fsp3) is 0.400. The van der Waals surface area contributed by atoms with Crippen LogP contribution in [0.4, 0.5) is 8.92 Å². The number of halogens is 2. The highest BCUT2D eigenvalue weighted by atomic mass is 32.2. The molecule has 12 heavy (non-hydrogen) atoms. The van der Waals surface area contributed by atoms with Crippen LogP contribution in [0.1, 0.15) is 0 Å². The van der Waals surface area contributed by atoms with Gasteiger partial charge >= 0.3 is 5.97 Å². The summed E-state index contributed by atoms with van der Waals surface area (Å²) in [4.78, 5) is 12.5. The number of sulfone groups is 1. The van der Waals surface area contributed by atoms with Gasteiger partial charge in [0.25, 0.3) is 5.50 Å². The average molecular weight is 200 g/mol. The van der Waals surface area contributed by atoms with Crippen molar-refractivity contribution < 1.29 is 27.1 Å². The average Bonchev–Trinajstić information content (AvgIpc) is 2.01. The number of carbonyl (C=O) groups is 1. The summed E-state index contributed by atoms with van der Waals surface area (Å²) in [7, 11) is -4.32. The molecule has 0 spiro atoms. The van der Waals surface area contributed by atoms with Crippen LogP contribution in [-0.4, -0.2) is 25.6 Å². The molecule has 4 nitrogen and oxygen atoms in total. The third-order valence-corrected chi connectivity index (χ3v) is 2.45. The van der Waals surface area contributed by atoms with Gasteiger partial charge in [0.1, 0.15) is 0 Å². The van der Waals surface area contributed by atoms with Gasteiger partial charge in [0.2, 0.25) is 0 Å². The molecule has 0 heterocycles. The minimum absolute atomic E-state index is 0.747. The van der Waals surface area contributed by atoms with Gasteiger partial charge in [-0.05, 0) is 0 Å². The summed E-state index contributed by atoms with van der Waals surface area (Å²) in [6.45, 7) is 3.02. The van der Waals surface area contributed by atoms with E-state index in [0.717, 1.165) is 6.08 Å². The lowest BCUT2D eigenvalue weighted by atomic mass is 10.8. The van der Waals surface area contributed by atoms with Crippen LogP contribution in [0.2, 0.25) is 0 Å². The van der Waals surface area contributed by atoms with Crippen LogP contribution >= 0.6 is 0 Å². The summed E-state index contributed by atoms with van der Waals surface area (Å²) in [6, 6.07) is 0. The van der Waals surface area contributed by atoms with Crippen LogP contribution in [-0.2, 0) is 19.6 Å². The zero-order chi connectivity index (χ0) is 9.78. The molecule has 0 aromatic carbocycles. The second-order valence-corrected chi connectivity index (χ2v) is 3.90.